The van der Waals surface area contributed by atoms with Crippen LogP contribution >= 0.6 is 12.4 Å². The molecule has 1 heterocycles. The Bertz CT molecular complexity index is 410. The number of rotatable bonds is 10. The van der Waals surface area contributed by atoms with Crippen LogP contribution in [0.2, 0.25) is 0 Å². The number of nitrogens with zero attached hydrogens (tertiary/aromatic N) is 2. The molecule has 0 aliphatic carbocycles. The van der Waals surface area contributed by atoms with Crippen molar-refractivity contribution in [3.63, 3.8) is 0 Å². The summed E-state index contributed by atoms with van der Waals surface area (Å²) < 4.78 is 0. The molecule has 1 saturated heterocycles. The lowest BCUT2D eigenvalue weighted by atomic mass is 9.93. The van der Waals surface area contributed by atoms with Gasteiger partial charge in [-0.2, -0.15) is 0 Å². The normalized spacial score (nSPS) is 17.5. The van der Waals surface area contributed by atoms with E-state index in [0.717, 1.165) is 51.9 Å². The van der Waals surface area contributed by atoms with E-state index < -0.39 is 6.04 Å². The van der Waals surface area contributed by atoms with Crippen LogP contribution in [-0.2, 0) is 9.59 Å². The van der Waals surface area contributed by atoms with Crippen molar-refractivity contribution in [2.75, 3.05) is 39.3 Å². The van der Waals surface area contributed by atoms with Gasteiger partial charge in [0, 0.05) is 25.6 Å². The Kier molecular flexibility index (Phi) is 12.9. The Morgan fingerprint density at radius 3 is 2.27 bits per heavy atom. The molecule has 1 fully saturated rings. The van der Waals surface area contributed by atoms with Crippen molar-refractivity contribution in [1.82, 2.24) is 15.1 Å². The number of piperidine rings is 1. The van der Waals surface area contributed by atoms with E-state index in [1.54, 1.807) is 0 Å². The summed E-state index contributed by atoms with van der Waals surface area (Å²) in [6, 6.07) is -0.421. The monoisotopic (exact) mass is 390 g/mol. The van der Waals surface area contributed by atoms with Crippen LogP contribution in [0.4, 0.5) is 0 Å². The van der Waals surface area contributed by atoms with Gasteiger partial charge in [0.05, 0.1) is 6.04 Å². The zero-order chi connectivity index (χ0) is 18.8. The molecule has 2 atom stereocenters. The summed E-state index contributed by atoms with van der Waals surface area (Å²) in [6.07, 6.45) is 3.36. The lowest BCUT2D eigenvalue weighted by molar-refractivity contribution is -0.137. The number of carbonyl (C=O) groups is 2. The van der Waals surface area contributed by atoms with Crippen molar-refractivity contribution in [1.29, 1.82) is 0 Å². The standard InChI is InChI=1S/C19H38N4O2.ClH/c1-5-15(4)17(20)19(25)23-13-9-16(10-14-23)18(24)21-11-8-12-22(6-2)7-3;/h15-17H,5-14,20H2,1-4H3,(H,21,24);1H. The maximum Gasteiger partial charge on any atom is 0.239 e. The fourth-order valence-corrected chi connectivity index (χ4v) is 3.27. The smallest absolute Gasteiger partial charge is 0.239 e. The van der Waals surface area contributed by atoms with Gasteiger partial charge < -0.3 is 20.9 Å². The highest BCUT2D eigenvalue weighted by Gasteiger charge is 2.30. The van der Waals surface area contributed by atoms with E-state index in [1.807, 2.05) is 11.8 Å². The molecule has 0 bridgehead atoms. The number of nitrogens with two attached hydrogens (primary N) is 1. The first kappa shape index (κ1) is 25.1. The van der Waals surface area contributed by atoms with Crippen molar-refractivity contribution in [2.45, 2.75) is 59.4 Å². The number of hydrogen-bond donors (Lipinski definition) is 2. The van der Waals surface area contributed by atoms with Crippen molar-refractivity contribution in [3.8, 4) is 0 Å². The molecule has 2 unspecified atom stereocenters. The summed E-state index contributed by atoms with van der Waals surface area (Å²) >= 11 is 0. The van der Waals surface area contributed by atoms with Gasteiger partial charge in [-0.25, -0.2) is 0 Å². The van der Waals surface area contributed by atoms with Crippen molar-refractivity contribution >= 4 is 24.2 Å². The summed E-state index contributed by atoms with van der Waals surface area (Å²) in [5.74, 6) is 0.391. The zero-order valence-corrected chi connectivity index (χ0v) is 17.8. The predicted octanol–water partition coefficient (Wildman–Crippen LogP) is 1.87. The summed E-state index contributed by atoms with van der Waals surface area (Å²) in [4.78, 5) is 28.9. The average molecular weight is 391 g/mol. The fraction of sp³-hybridized carbons (Fsp3) is 0.895. The molecule has 7 heteroatoms. The van der Waals surface area contributed by atoms with Gasteiger partial charge in [0.15, 0.2) is 0 Å². The average Bonchev–Trinajstić information content (AvgIpc) is 2.66. The number of likely N-dealkylation sites (tertiary alicyclic amines) is 1. The molecular weight excluding hydrogens is 352 g/mol. The molecule has 26 heavy (non-hydrogen) atoms. The molecule has 0 spiro atoms. The Hall–Kier alpha value is -0.850. The lowest BCUT2D eigenvalue weighted by Gasteiger charge is -2.34. The minimum Gasteiger partial charge on any atom is -0.356 e. The third-order valence-electron chi connectivity index (χ3n) is 5.56. The van der Waals surface area contributed by atoms with Crippen LogP contribution in [0.15, 0.2) is 0 Å². The Morgan fingerprint density at radius 2 is 1.77 bits per heavy atom. The number of hydrogen-bond acceptors (Lipinski definition) is 4. The van der Waals surface area contributed by atoms with Gasteiger partial charge in [-0.15, -0.1) is 12.4 Å². The van der Waals surface area contributed by atoms with Gasteiger partial charge in [-0.3, -0.25) is 9.59 Å². The topological polar surface area (TPSA) is 78.7 Å². The second-order valence-electron chi connectivity index (χ2n) is 7.18. The lowest BCUT2D eigenvalue weighted by Crippen LogP contribution is -2.51. The number of nitrogens with one attached hydrogen (secondary N) is 1. The highest BCUT2D eigenvalue weighted by Crippen LogP contribution is 2.19. The highest BCUT2D eigenvalue weighted by atomic mass is 35.5. The highest BCUT2D eigenvalue weighted by molar-refractivity contribution is 5.85. The first-order valence-electron chi connectivity index (χ1n) is 9.98. The Morgan fingerprint density at radius 1 is 1.19 bits per heavy atom. The molecule has 1 aliphatic heterocycles. The van der Waals surface area contributed by atoms with Crippen LogP contribution in [0.1, 0.15) is 53.4 Å². The van der Waals surface area contributed by atoms with Crippen LogP contribution in [0.5, 0.6) is 0 Å². The van der Waals surface area contributed by atoms with Gasteiger partial charge in [-0.05, 0) is 44.8 Å². The van der Waals surface area contributed by atoms with Crippen LogP contribution in [0.3, 0.4) is 0 Å². The maximum atomic E-state index is 12.4. The number of halogens is 1. The van der Waals surface area contributed by atoms with Gasteiger partial charge >= 0.3 is 0 Å². The van der Waals surface area contributed by atoms with Gasteiger partial charge in [-0.1, -0.05) is 34.1 Å². The molecular formula is C19H39ClN4O2. The van der Waals surface area contributed by atoms with E-state index in [2.05, 4.69) is 31.0 Å². The van der Waals surface area contributed by atoms with Crippen LogP contribution < -0.4 is 11.1 Å². The van der Waals surface area contributed by atoms with Crippen LogP contribution in [-0.4, -0.2) is 66.9 Å². The minimum atomic E-state index is -0.421. The molecule has 0 aromatic heterocycles. The van der Waals surface area contributed by atoms with Crippen LogP contribution in [0, 0.1) is 11.8 Å². The second kappa shape index (κ2) is 13.3. The second-order valence-corrected chi connectivity index (χ2v) is 7.18. The summed E-state index contributed by atoms with van der Waals surface area (Å²) in [6.45, 7) is 13.5. The van der Waals surface area contributed by atoms with Gasteiger partial charge in [0.2, 0.25) is 11.8 Å². The molecule has 0 aromatic rings. The molecule has 1 rings (SSSR count). The summed E-state index contributed by atoms with van der Waals surface area (Å²) in [5.41, 5.74) is 6.05. The van der Waals surface area contributed by atoms with E-state index in [4.69, 9.17) is 5.73 Å². The summed E-state index contributed by atoms with van der Waals surface area (Å²) in [5, 5.41) is 3.06. The molecule has 154 valence electrons. The molecule has 0 saturated carbocycles. The first-order valence-corrected chi connectivity index (χ1v) is 9.98. The fourth-order valence-electron chi connectivity index (χ4n) is 3.27. The van der Waals surface area contributed by atoms with Gasteiger partial charge in [0.1, 0.15) is 0 Å². The molecule has 6 nitrogen and oxygen atoms in total. The van der Waals surface area contributed by atoms with Crippen molar-refractivity contribution in [2.24, 2.45) is 17.6 Å². The van der Waals surface area contributed by atoms with Crippen molar-refractivity contribution in [3.05, 3.63) is 0 Å². The quantitative estimate of drug-likeness (QED) is 0.558. The molecule has 0 radical (unpaired) electrons. The van der Waals surface area contributed by atoms with Crippen molar-refractivity contribution < 1.29 is 9.59 Å². The Labute approximate surface area is 165 Å². The Balaban J connectivity index is 0.00000625. The zero-order valence-electron chi connectivity index (χ0n) is 17.0. The first-order chi connectivity index (χ1) is 11.9. The van der Waals surface area contributed by atoms with E-state index in [1.165, 1.54) is 0 Å². The maximum absolute atomic E-state index is 12.4. The largest absolute Gasteiger partial charge is 0.356 e. The van der Waals surface area contributed by atoms with E-state index in [9.17, 15) is 9.59 Å². The predicted molar refractivity (Wildman–Crippen MR) is 109 cm³/mol. The molecule has 0 aromatic carbocycles. The third kappa shape index (κ3) is 7.80. The number of amides is 2. The minimum absolute atomic E-state index is 0. The molecule has 1 aliphatic rings. The summed E-state index contributed by atoms with van der Waals surface area (Å²) in [7, 11) is 0. The van der Waals surface area contributed by atoms with E-state index in [-0.39, 0.29) is 36.1 Å². The number of carbonyl (C=O) groups excluding carboxylic acids is 2. The van der Waals surface area contributed by atoms with E-state index >= 15 is 0 Å². The molecule has 3 N–H and O–H groups in total. The third-order valence-corrected chi connectivity index (χ3v) is 5.56. The van der Waals surface area contributed by atoms with Gasteiger partial charge in [0.25, 0.3) is 0 Å². The SMILES string of the molecule is CCC(C)C(N)C(=O)N1CCC(C(=O)NCCCN(CC)CC)CC1.Cl. The van der Waals surface area contributed by atoms with Crippen LogP contribution in [0.25, 0.3) is 0 Å². The molecule has 2 amide bonds. The van der Waals surface area contributed by atoms with E-state index in [0.29, 0.717) is 13.1 Å².